The van der Waals surface area contributed by atoms with E-state index < -0.39 is 23.6 Å². The molecular formula is C23H34N6O3. The van der Waals surface area contributed by atoms with E-state index in [4.69, 9.17) is 0 Å². The molecule has 0 saturated carbocycles. The normalized spacial score (nSPS) is 19.8. The van der Waals surface area contributed by atoms with Gasteiger partial charge in [-0.1, -0.05) is 38.1 Å². The molecule has 32 heavy (non-hydrogen) atoms. The highest BCUT2D eigenvalue weighted by Gasteiger charge is 2.45. The van der Waals surface area contributed by atoms with Crippen LogP contribution in [0.25, 0.3) is 11.3 Å². The van der Waals surface area contributed by atoms with Gasteiger partial charge in [-0.25, -0.2) is 4.68 Å². The smallest absolute Gasteiger partial charge is 0.248 e. The summed E-state index contributed by atoms with van der Waals surface area (Å²) in [5, 5.41) is 24.7. The number of hydrogen-bond donors (Lipinski definition) is 3. The minimum atomic E-state index is -0.732. The molecule has 2 unspecified atom stereocenters. The fourth-order valence-corrected chi connectivity index (χ4v) is 4.15. The summed E-state index contributed by atoms with van der Waals surface area (Å²) in [5.41, 5.74) is 2.03. The van der Waals surface area contributed by atoms with E-state index in [1.807, 2.05) is 45.0 Å². The third-order valence-corrected chi connectivity index (χ3v) is 5.55. The van der Waals surface area contributed by atoms with Crippen LogP contribution in [-0.4, -0.2) is 68.6 Å². The molecule has 9 heteroatoms. The Balaban J connectivity index is 1.92. The van der Waals surface area contributed by atoms with E-state index in [9.17, 15) is 14.7 Å². The van der Waals surface area contributed by atoms with Gasteiger partial charge in [-0.2, -0.15) is 0 Å². The second kappa shape index (κ2) is 9.28. The third-order valence-electron chi connectivity index (χ3n) is 5.55. The number of β-amino-alcohol motifs (C(OH)–C–C–N with tert-alkyl or cyclic N) is 1. The van der Waals surface area contributed by atoms with Crippen molar-refractivity contribution in [1.82, 2.24) is 25.2 Å². The Morgan fingerprint density at radius 3 is 2.59 bits per heavy atom. The number of nitrogens with one attached hydrogen (secondary N) is 2. The quantitative estimate of drug-likeness (QED) is 0.631. The second-order valence-corrected chi connectivity index (χ2v) is 9.74. The third kappa shape index (κ3) is 5.09. The Morgan fingerprint density at radius 1 is 1.25 bits per heavy atom. The van der Waals surface area contributed by atoms with Crippen molar-refractivity contribution >= 4 is 17.5 Å². The van der Waals surface area contributed by atoms with Crippen LogP contribution in [0.15, 0.2) is 30.5 Å². The molecule has 0 radical (unpaired) electrons. The van der Waals surface area contributed by atoms with E-state index in [0.29, 0.717) is 11.7 Å². The zero-order valence-corrected chi connectivity index (χ0v) is 19.7. The molecule has 1 aromatic carbocycles. The first kappa shape index (κ1) is 23.7. The standard InChI is InChI=1S/C23H34N6O3/c1-14(2)25-16-9-7-8-15(10-16)18-13-29(27-26-18)20(23(3,4)5)22(32)28-12-17(30)11-19(28)21(31)24-6/h7-10,13-14,17,19-20,25,30H,11-12H2,1-6H3,(H,24,31)/t17?,19?,20-/m1/s1. The summed E-state index contributed by atoms with van der Waals surface area (Å²) in [7, 11) is 1.53. The summed E-state index contributed by atoms with van der Waals surface area (Å²) in [6.07, 6.45) is 1.26. The van der Waals surface area contributed by atoms with Gasteiger partial charge in [-0.05, 0) is 31.4 Å². The van der Waals surface area contributed by atoms with Crippen LogP contribution in [0.5, 0.6) is 0 Å². The average molecular weight is 443 g/mol. The van der Waals surface area contributed by atoms with E-state index >= 15 is 0 Å². The Labute approximate surface area is 189 Å². The monoisotopic (exact) mass is 442 g/mol. The Hall–Kier alpha value is -2.94. The van der Waals surface area contributed by atoms with Gasteiger partial charge in [-0.15, -0.1) is 5.10 Å². The summed E-state index contributed by atoms with van der Waals surface area (Å²) in [5.74, 6) is -0.536. The van der Waals surface area contributed by atoms with E-state index in [1.165, 1.54) is 11.9 Å². The van der Waals surface area contributed by atoms with E-state index in [-0.39, 0.29) is 24.8 Å². The molecule has 1 fully saturated rings. The maximum absolute atomic E-state index is 13.6. The van der Waals surface area contributed by atoms with Gasteiger partial charge in [0.25, 0.3) is 0 Å². The van der Waals surface area contributed by atoms with Crippen molar-refractivity contribution in [2.24, 2.45) is 5.41 Å². The predicted molar refractivity (Wildman–Crippen MR) is 123 cm³/mol. The number of aliphatic hydroxyl groups is 1. The molecule has 3 N–H and O–H groups in total. The minimum absolute atomic E-state index is 0.119. The predicted octanol–water partition coefficient (Wildman–Crippen LogP) is 2.06. The number of rotatable bonds is 6. The van der Waals surface area contributed by atoms with Gasteiger partial charge >= 0.3 is 0 Å². The first-order valence-corrected chi connectivity index (χ1v) is 11.0. The topological polar surface area (TPSA) is 112 Å². The van der Waals surface area contributed by atoms with Crippen LogP contribution >= 0.6 is 0 Å². The SMILES string of the molecule is CNC(=O)C1CC(O)CN1C(=O)[C@@H](n1cc(-c2cccc(NC(C)C)c2)nn1)C(C)(C)C. The van der Waals surface area contributed by atoms with Crippen LogP contribution < -0.4 is 10.6 Å². The van der Waals surface area contributed by atoms with Crippen LogP contribution in [0.4, 0.5) is 5.69 Å². The van der Waals surface area contributed by atoms with Crippen LogP contribution in [0.1, 0.15) is 47.1 Å². The number of amides is 2. The number of benzene rings is 1. The Kier molecular flexibility index (Phi) is 6.88. The van der Waals surface area contributed by atoms with Gasteiger partial charge in [0.1, 0.15) is 17.8 Å². The lowest BCUT2D eigenvalue weighted by Gasteiger charge is -2.34. The molecule has 1 aromatic heterocycles. The van der Waals surface area contributed by atoms with E-state index in [2.05, 4.69) is 34.8 Å². The Morgan fingerprint density at radius 2 is 1.97 bits per heavy atom. The largest absolute Gasteiger partial charge is 0.391 e. The van der Waals surface area contributed by atoms with Gasteiger partial charge in [-0.3, -0.25) is 9.59 Å². The number of nitrogens with zero attached hydrogens (tertiary/aromatic N) is 4. The van der Waals surface area contributed by atoms with Crippen LogP contribution in [0, 0.1) is 5.41 Å². The number of aliphatic hydroxyl groups excluding tert-OH is 1. The highest BCUT2D eigenvalue weighted by Crippen LogP contribution is 2.35. The lowest BCUT2D eigenvalue weighted by molar-refractivity contribution is -0.144. The highest BCUT2D eigenvalue weighted by molar-refractivity contribution is 5.90. The first-order valence-electron chi connectivity index (χ1n) is 11.0. The molecule has 2 heterocycles. The van der Waals surface area contributed by atoms with Crippen molar-refractivity contribution < 1.29 is 14.7 Å². The second-order valence-electron chi connectivity index (χ2n) is 9.74. The molecule has 9 nitrogen and oxygen atoms in total. The van der Waals surface area contributed by atoms with Crippen molar-refractivity contribution in [2.75, 3.05) is 18.9 Å². The number of hydrogen-bond acceptors (Lipinski definition) is 6. The molecule has 1 saturated heterocycles. The number of likely N-dealkylation sites (tertiary alicyclic amines) is 1. The first-order chi connectivity index (χ1) is 15.0. The lowest BCUT2D eigenvalue weighted by atomic mass is 9.85. The van der Waals surface area contributed by atoms with Crippen molar-refractivity contribution in [3.8, 4) is 11.3 Å². The lowest BCUT2D eigenvalue weighted by Crippen LogP contribution is -2.49. The highest BCUT2D eigenvalue weighted by atomic mass is 16.3. The van der Waals surface area contributed by atoms with Crippen LogP contribution in [0.2, 0.25) is 0 Å². The molecule has 0 spiro atoms. The van der Waals surface area contributed by atoms with Crippen LogP contribution in [-0.2, 0) is 9.59 Å². The van der Waals surface area contributed by atoms with Gasteiger partial charge < -0.3 is 20.6 Å². The molecular weight excluding hydrogens is 408 g/mol. The molecule has 2 amide bonds. The number of carbonyl (C=O) groups is 2. The molecule has 1 aliphatic rings. The maximum atomic E-state index is 13.6. The van der Waals surface area contributed by atoms with Crippen molar-refractivity contribution in [3.05, 3.63) is 30.5 Å². The number of carbonyl (C=O) groups excluding carboxylic acids is 2. The maximum Gasteiger partial charge on any atom is 0.248 e. The van der Waals surface area contributed by atoms with Crippen molar-refractivity contribution in [3.63, 3.8) is 0 Å². The van der Waals surface area contributed by atoms with Gasteiger partial charge in [0.2, 0.25) is 11.8 Å². The number of aromatic nitrogens is 3. The van der Waals surface area contributed by atoms with E-state index in [0.717, 1.165) is 11.3 Å². The molecule has 3 atom stereocenters. The molecule has 174 valence electrons. The molecule has 3 rings (SSSR count). The zero-order valence-electron chi connectivity index (χ0n) is 19.7. The van der Waals surface area contributed by atoms with Gasteiger partial charge in [0, 0.05) is 37.3 Å². The molecule has 0 bridgehead atoms. The van der Waals surface area contributed by atoms with Crippen molar-refractivity contribution in [1.29, 1.82) is 0 Å². The number of likely N-dealkylation sites (N-methyl/N-ethyl adjacent to an activating group) is 1. The fraction of sp³-hybridized carbons (Fsp3) is 0.565. The van der Waals surface area contributed by atoms with Gasteiger partial charge in [0.15, 0.2) is 0 Å². The van der Waals surface area contributed by atoms with Crippen molar-refractivity contribution in [2.45, 2.75) is 65.3 Å². The summed E-state index contributed by atoms with van der Waals surface area (Å²) in [6, 6.07) is 6.81. The minimum Gasteiger partial charge on any atom is -0.391 e. The molecule has 2 aromatic rings. The summed E-state index contributed by atoms with van der Waals surface area (Å²) in [4.78, 5) is 27.4. The fourth-order valence-electron chi connectivity index (χ4n) is 4.15. The summed E-state index contributed by atoms with van der Waals surface area (Å²) >= 11 is 0. The molecule has 0 aliphatic carbocycles. The van der Waals surface area contributed by atoms with Crippen LogP contribution in [0.3, 0.4) is 0 Å². The summed E-state index contributed by atoms with van der Waals surface area (Å²) in [6.45, 7) is 10.1. The van der Waals surface area contributed by atoms with Gasteiger partial charge in [0.05, 0.1) is 12.3 Å². The summed E-state index contributed by atoms with van der Waals surface area (Å²) < 4.78 is 1.58. The number of anilines is 1. The Bertz CT molecular complexity index is 965. The average Bonchev–Trinajstić information content (AvgIpc) is 3.33. The molecule has 1 aliphatic heterocycles. The van der Waals surface area contributed by atoms with E-state index in [1.54, 1.807) is 10.9 Å². The zero-order chi connectivity index (χ0) is 23.6.